The number of carbonyl (C=O) groups excluding carboxylic acids is 1. The van der Waals surface area contributed by atoms with Crippen molar-refractivity contribution in [1.82, 2.24) is 10.6 Å². The summed E-state index contributed by atoms with van der Waals surface area (Å²) in [5.74, 6) is -0.0846. The molecule has 1 aliphatic heterocycles. The molecule has 2 unspecified atom stereocenters. The minimum atomic E-state index is -0.277. The third-order valence-corrected chi connectivity index (χ3v) is 3.77. The van der Waals surface area contributed by atoms with E-state index in [0.29, 0.717) is 11.8 Å². The van der Waals surface area contributed by atoms with Crippen molar-refractivity contribution in [2.75, 3.05) is 13.7 Å². The number of amides is 1. The lowest BCUT2D eigenvalue weighted by atomic mass is 9.99. The molecular weight excluding hydrogens is 256 g/mol. The molecule has 1 aromatic rings. The van der Waals surface area contributed by atoms with E-state index in [1.165, 1.54) is 20.0 Å². The van der Waals surface area contributed by atoms with Gasteiger partial charge in [0.2, 0.25) is 0 Å². The Bertz CT molecular complexity index is 470. The fourth-order valence-corrected chi connectivity index (χ4v) is 2.56. The topological polar surface area (TPSA) is 70.6 Å². The second kappa shape index (κ2) is 6.61. The maximum Gasteiger partial charge on any atom is 0.255 e. The van der Waals surface area contributed by atoms with Gasteiger partial charge in [0.25, 0.3) is 5.91 Å². The van der Waals surface area contributed by atoms with Crippen molar-refractivity contribution in [3.63, 3.8) is 0 Å². The highest BCUT2D eigenvalue weighted by Gasteiger charge is 2.23. The summed E-state index contributed by atoms with van der Waals surface area (Å²) in [5, 5.41) is 16.3. The molecule has 1 aliphatic rings. The molecule has 1 amide bonds. The van der Waals surface area contributed by atoms with E-state index in [1.807, 2.05) is 6.92 Å². The van der Waals surface area contributed by atoms with Crippen molar-refractivity contribution in [1.29, 1.82) is 0 Å². The Hall–Kier alpha value is -1.75. The number of ether oxygens (including phenoxy) is 1. The largest absolute Gasteiger partial charge is 0.504 e. The van der Waals surface area contributed by atoms with E-state index >= 15 is 0 Å². The lowest BCUT2D eigenvalue weighted by Gasteiger charge is -2.29. The average molecular weight is 278 g/mol. The molecule has 110 valence electrons. The van der Waals surface area contributed by atoms with Crippen LogP contribution in [0.1, 0.15) is 36.5 Å². The molecule has 2 rings (SSSR count). The molecule has 5 nitrogen and oxygen atoms in total. The van der Waals surface area contributed by atoms with Gasteiger partial charge in [0.1, 0.15) is 0 Å². The molecule has 1 saturated heterocycles. The predicted octanol–water partition coefficient (Wildman–Crippen LogP) is 1.66. The highest BCUT2D eigenvalue weighted by molar-refractivity contribution is 5.97. The van der Waals surface area contributed by atoms with Crippen LogP contribution in [0.15, 0.2) is 18.2 Å². The van der Waals surface area contributed by atoms with Crippen LogP contribution in [-0.4, -0.2) is 36.8 Å². The van der Waals surface area contributed by atoms with E-state index < -0.39 is 0 Å². The number of hydrogen-bond donors (Lipinski definition) is 3. The van der Waals surface area contributed by atoms with Gasteiger partial charge in [-0.2, -0.15) is 0 Å². The van der Waals surface area contributed by atoms with Gasteiger partial charge in [0.15, 0.2) is 11.5 Å². The van der Waals surface area contributed by atoms with E-state index in [9.17, 15) is 9.90 Å². The number of benzene rings is 1. The average Bonchev–Trinajstić information content (AvgIpc) is 2.48. The molecule has 1 aromatic carbocycles. The molecule has 0 aliphatic carbocycles. The second-order valence-corrected chi connectivity index (χ2v) is 5.17. The third-order valence-electron chi connectivity index (χ3n) is 3.77. The van der Waals surface area contributed by atoms with Crippen LogP contribution in [0.4, 0.5) is 0 Å². The van der Waals surface area contributed by atoms with Crippen molar-refractivity contribution in [2.45, 2.75) is 38.3 Å². The second-order valence-electron chi connectivity index (χ2n) is 5.17. The summed E-state index contributed by atoms with van der Waals surface area (Å²) in [5.41, 5.74) is 0.243. The molecule has 20 heavy (non-hydrogen) atoms. The van der Waals surface area contributed by atoms with Crippen molar-refractivity contribution in [2.24, 2.45) is 0 Å². The Morgan fingerprint density at radius 1 is 1.50 bits per heavy atom. The quantitative estimate of drug-likeness (QED) is 0.783. The van der Waals surface area contributed by atoms with E-state index in [2.05, 4.69) is 10.6 Å². The van der Waals surface area contributed by atoms with Crippen LogP contribution in [0.2, 0.25) is 0 Å². The summed E-state index contributed by atoms with van der Waals surface area (Å²) in [6.45, 7) is 2.98. The molecule has 2 atom stereocenters. The number of carbonyl (C=O) groups is 1. The van der Waals surface area contributed by atoms with Crippen LogP contribution in [0.25, 0.3) is 0 Å². The fraction of sp³-hybridized carbons (Fsp3) is 0.533. The Morgan fingerprint density at radius 2 is 2.30 bits per heavy atom. The number of rotatable bonds is 4. The normalized spacial score (nSPS) is 20.2. The van der Waals surface area contributed by atoms with Crippen molar-refractivity contribution in [3.8, 4) is 11.5 Å². The zero-order valence-corrected chi connectivity index (χ0v) is 12.0. The number of methoxy groups -OCH3 is 1. The van der Waals surface area contributed by atoms with Crippen molar-refractivity contribution in [3.05, 3.63) is 23.8 Å². The van der Waals surface area contributed by atoms with Gasteiger partial charge in [-0.05, 0) is 38.4 Å². The van der Waals surface area contributed by atoms with Crippen LogP contribution in [0.3, 0.4) is 0 Å². The number of para-hydroxylation sites is 1. The molecule has 0 bridgehead atoms. The number of hydrogen-bond acceptors (Lipinski definition) is 4. The standard InChI is InChI=1S/C15H22N2O3/c1-10(12-7-3-4-9-16-12)17-15(19)11-6-5-8-13(20-2)14(11)18/h5-6,8,10,12,16,18H,3-4,7,9H2,1-2H3,(H,17,19). The molecule has 1 fully saturated rings. The Morgan fingerprint density at radius 3 is 2.95 bits per heavy atom. The molecule has 1 heterocycles. The van der Waals surface area contributed by atoms with E-state index in [1.54, 1.807) is 18.2 Å². The maximum atomic E-state index is 12.2. The highest BCUT2D eigenvalue weighted by Crippen LogP contribution is 2.29. The maximum absolute atomic E-state index is 12.2. The number of phenolic OH excluding ortho intramolecular Hbond substituents is 1. The lowest BCUT2D eigenvalue weighted by molar-refractivity contribution is 0.0924. The minimum Gasteiger partial charge on any atom is -0.504 e. The van der Waals surface area contributed by atoms with E-state index in [0.717, 1.165) is 13.0 Å². The summed E-state index contributed by atoms with van der Waals surface area (Å²) in [7, 11) is 1.46. The highest BCUT2D eigenvalue weighted by atomic mass is 16.5. The first-order valence-corrected chi connectivity index (χ1v) is 7.03. The van der Waals surface area contributed by atoms with Crippen molar-refractivity contribution >= 4 is 5.91 Å². The fourth-order valence-electron chi connectivity index (χ4n) is 2.56. The smallest absolute Gasteiger partial charge is 0.255 e. The molecule has 0 saturated carbocycles. The molecule has 0 aromatic heterocycles. The number of piperidine rings is 1. The number of aromatic hydroxyl groups is 1. The summed E-state index contributed by atoms with van der Waals surface area (Å²) in [4.78, 5) is 12.2. The monoisotopic (exact) mass is 278 g/mol. The van der Waals surface area contributed by atoms with Gasteiger partial charge >= 0.3 is 0 Å². The van der Waals surface area contributed by atoms with Crippen LogP contribution in [0, 0.1) is 0 Å². The summed E-state index contributed by atoms with van der Waals surface area (Å²) in [6, 6.07) is 5.22. The molecule has 0 spiro atoms. The number of nitrogens with one attached hydrogen (secondary N) is 2. The van der Waals surface area contributed by atoms with E-state index in [4.69, 9.17) is 4.74 Å². The Balaban J connectivity index is 2.04. The van der Waals surface area contributed by atoms with Gasteiger partial charge in [-0.1, -0.05) is 12.5 Å². The van der Waals surface area contributed by atoms with Gasteiger partial charge in [-0.3, -0.25) is 4.79 Å². The van der Waals surface area contributed by atoms with Gasteiger partial charge in [0.05, 0.1) is 12.7 Å². The van der Waals surface area contributed by atoms with Gasteiger partial charge in [0, 0.05) is 12.1 Å². The van der Waals surface area contributed by atoms with E-state index in [-0.39, 0.29) is 23.3 Å². The van der Waals surface area contributed by atoms with Crippen LogP contribution >= 0.6 is 0 Å². The molecule has 5 heteroatoms. The molecule has 3 N–H and O–H groups in total. The molecular formula is C15H22N2O3. The number of phenols is 1. The summed E-state index contributed by atoms with van der Waals surface area (Å²) >= 11 is 0. The van der Waals surface area contributed by atoms with Gasteiger partial charge in [-0.15, -0.1) is 0 Å². The van der Waals surface area contributed by atoms with Crippen LogP contribution < -0.4 is 15.4 Å². The predicted molar refractivity (Wildman–Crippen MR) is 77.2 cm³/mol. The van der Waals surface area contributed by atoms with Crippen LogP contribution in [-0.2, 0) is 0 Å². The van der Waals surface area contributed by atoms with Crippen LogP contribution in [0.5, 0.6) is 11.5 Å². The van der Waals surface area contributed by atoms with Gasteiger partial charge < -0.3 is 20.5 Å². The Kier molecular flexibility index (Phi) is 4.84. The first-order valence-electron chi connectivity index (χ1n) is 7.03. The zero-order chi connectivity index (χ0) is 14.5. The lowest BCUT2D eigenvalue weighted by Crippen LogP contribution is -2.50. The Labute approximate surface area is 119 Å². The zero-order valence-electron chi connectivity index (χ0n) is 12.0. The SMILES string of the molecule is COc1cccc(C(=O)NC(C)C2CCCCN2)c1O. The summed E-state index contributed by atoms with van der Waals surface area (Å²) < 4.78 is 5.01. The third kappa shape index (κ3) is 3.22. The minimum absolute atomic E-state index is 0.0217. The first-order chi connectivity index (χ1) is 9.63. The summed E-state index contributed by atoms with van der Waals surface area (Å²) in [6.07, 6.45) is 3.43. The first kappa shape index (κ1) is 14.7. The van der Waals surface area contributed by atoms with Crippen molar-refractivity contribution < 1.29 is 14.6 Å². The molecule has 0 radical (unpaired) electrons. The van der Waals surface area contributed by atoms with Gasteiger partial charge in [-0.25, -0.2) is 0 Å².